The molecule has 3 aliphatic carbocycles. The number of hydrogen-bond acceptors (Lipinski definition) is 7. The molecule has 4 bridgehead atoms. The summed E-state index contributed by atoms with van der Waals surface area (Å²) in [5.41, 5.74) is 5.08. The Morgan fingerprint density at radius 2 is 1.72 bits per heavy atom. The van der Waals surface area contributed by atoms with Crippen molar-refractivity contribution in [3.8, 4) is 17.2 Å². The van der Waals surface area contributed by atoms with E-state index in [4.69, 9.17) is 19.9 Å². The average molecular weight is 628 g/mol. The first-order valence-electron chi connectivity index (χ1n) is 16.2. The number of primary amides is 1. The standard InChI is InChI=1S/C38H45NO7/c1-20(2)10-9-15-36(8)16-14-24-29(40)28-30(41)26-18-23-19-27-35(6,7)46-37(33(23)42,17-13-22(5)34(39)43)38(26,27)45-32(28)25(31(24)44-36)12-11-21(3)4/h10-11,13-14,16,18,23,27,40H,9,12,15,17,19H2,1-8H3,(H2,39,43). The van der Waals surface area contributed by atoms with Crippen LogP contribution in [-0.2, 0) is 20.7 Å². The smallest absolute Gasteiger partial charge is 0.244 e. The highest BCUT2D eigenvalue weighted by Gasteiger charge is 2.81. The second kappa shape index (κ2) is 10.6. The molecular formula is C38H45NO7. The van der Waals surface area contributed by atoms with Crippen molar-refractivity contribution in [2.24, 2.45) is 17.6 Å². The van der Waals surface area contributed by atoms with Gasteiger partial charge >= 0.3 is 0 Å². The highest BCUT2D eigenvalue weighted by Crippen LogP contribution is 2.68. The largest absolute Gasteiger partial charge is 0.506 e. The molecule has 5 atom stereocenters. The summed E-state index contributed by atoms with van der Waals surface area (Å²) in [6, 6.07) is 0. The summed E-state index contributed by atoms with van der Waals surface area (Å²) in [6.45, 7) is 15.6. The Morgan fingerprint density at radius 3 is 2.37 bits per heavy atom. The van der Waals surface area contributed by atoms with Crippen LogP contribution in [0.5, 0.6) is 17.2 Å². The first kappa shape index (κ1) is 32.0. The van der Waals surface area contributed by atoms with E-state index in [2.05, 4.69) is 19.9 Å². The van der Waals surface area contributed by atoms with Gasteiger partial charge in [0.05, 0.1) is 11.2 Å². The Hall–Kier alpha value is -3.91. The quantitative estimate of drug-likeness (QED) is 0.245. The third kappa shape index (κ3) is 4.47. The minimum Gasteiger partial charge on any atom is -0.506 e. The van der Waals surface area contributed by atoms with Crippen LogP contribution in [0.4, 0.5) is 0 Å². The normalized spacial score (nSPS) is 31.2. The van der Waals surface area contributed by atoms with E-state index in [0.717, 1.165) is 12.0 Å². The number of carbonyl (C=O) groups is 3. The molecule has 1 saturated heterocycles. The van der Waals surface area contributed by atoms with Crippen LogP contribution in [-0.4, -0.2) is 45.0 Å². The SMILES string of the molecule is CC(C)=CCCC1(C)C=Cc2c(O)c3c(c(CC=C(C)C)c2O1)OC12C(=CC4CC1C(C)(C)OC2(CC=C(C)C(N)=O)C4=O)C3=O. The first-order valence-corrected chi connectivity index (χ1v) is 16.2. The van der Waals surface area contributed by atoms with Crippen LogP contribution in [0.15, 0.2) is 52.7 Å². The number of rotatable bonds is 8. The number of ether oxygens (including phenoxy) is 3. The fraction of sp³-hybridized carbons (Fsp3) is 0.500. The van der Waals surface area contributed by atoms with Crippen molar-refractivity contribution in [2.75, 3.05) is 0 Å². The molecule has 46 heavy (non-hydrogen) atoms. The zero-order valence-corrected chi connectivity index (χ0v) is 28.1. The van der Waals surface area contributed by atoms with Gasteiger partial charge < -0.3 is 25.1 Å². The van der Waals surface area contributed by atoms with Gasteiger partial charge in [-0.05, 0) is 93.2 Å². The van der Waals surface area contributed by atoms with Crippen LogP contribution in [0, 0.1) is 11.8 Å². The first-order chi connectivity index (χ1) is 21.5. The Balaban J connectivity index is 1.59. The van der Waals surface area contributed by atoms with E-state index in [1.54, 1.807) is 19.1 Å². The Kier molecular flexibility index (Phi) is 7.36. The van der Waals surface area contributed by atoms with Gasteiger partial charge in [-0.15, -0.1) is 0 Å². The number of allylic oxidation sites excluding steroid dienone is 5. The summed E-state index contributed by atoms with van der Waals surface area (Å²) < 4.78 is 20.7. The lowest BCUT2D eigenvalue weighted by Gasteiger charge is -2.56. The molecule has 3 N–H and O–H groups in total. The van der Waals surface area contributed by atoms with Crippen molar-refractivity contribution in [3.05, 3.63) is 69.4 Å². The molecule has 1 aromatic rings. The number of ketones is 2. The van der Waals surface area contributed by atoms with E-state index in [-0.39, 0.29) is 41.0 Å². The molecule has 1 amide bonds. The topological polar surface area (TPSA) is 125 Å². The molecule has 6 aliphatic rings. The highest BCUT2D eigenvalue weighted by molar-refractivity contribution is 6.19. The molecule has 0 aromatic heterocycles. The number of fused-ring (bicyclic) bond motifs is 2. The van der Waals surface area contributed by atoms with Crippen LogP contribution < -0.4 is 15.2 Å². The van der Waals surface area contributed by atoms with E-state index in [0.29, 0.717) is 47.3 Å². The van der Waals surface area contributed by atoms with Gasteiger partial charge in [0.25, 0.3) is 0 Å². The second-order valence-electron chi connectivity index (χ2n) is 14.8. The molecule has 0 radical (unpaired) electrons. The van der Waals surface area contributed by atoms with Gasteiger partial charge in [-0.3, -0.25) is 14.4 Å². The van der Waals surface area contributed by atoms with Crippen LogP contribution in [0.3, 0.4) is 0 Å². The van der Waals surface area contributed by atoms with E-state index in [1.165, 1.54) is 5.57 Å². The average Bonchev–Trinajstić information content (AvgIpc) is 3.12. The fourth-order valence-electron chi connectivity index (χ4n) is 8.19. The maximum Gasteiger partial charge on any atom is 0.244 e. The van der Waals surface area contributed by atoms with Gasteiger partial charge in [0, 0.05) is 35.0 Å². The lowest BCUT2D eigenvalue weighted by atomic mass is 9.51. The predicted molar refractivity (Wildman–Crippen MR) is 176 cm³/mol. The summed E-state index contributed by atoms with van der Waals surface area (Å²) in [7, 11) is 0. The molecule has 1 aromatic carbocycles. The molecule has 8 nitrogen and oxygen atoms in total. The molecule has 1 saturated carbocycles. The van der Waals surface area contributed by atoms with E-state index >= 15 is 0 Å². The van der Waals surface area contributed by atoms with Crippen LogP contribution >= 0.6 is 0 Å². The zero-order chi connectivity index (χ0) is 33.6. The minimum atomic E-state index is -1.57. The Morgan fingerprint density at radius 1 is 1.02 bits per heavy atom. The van der Waals surface area contributed by atoms with Gasteiger partial charge in [0.15, 0.2) is 22.8 Å². The van der Waals surface area contributed by atoms with E-state index < -0.39 is 34.2 Å². The summed E-state index contributed by atoms with van der Waals surface area (Å²) in [5, 5.41) is 11.8. The summed E-state index contributed by atoms with van der Waals surface area (Å²) in [5.74, 6) is -1.59. The van der Waals surface area contributed by atoms with Crippen LogP contribution in [0.2, 0.25) is 0 Å². The second-order valence-corrected chi connectivity index (χ2v) is 14.8. The highest BCUT2D eigenvalue weighted by atomic mass is 16.6. The van der Waals surface area contributed by atoms with E-state index in [9.17, 15) is 19.5 Å². The number of Topliss-reactive ketones (excluding diaryl/α,β-unsaturated/α-hetero) is 2. The number of amides is 1. The third-order valence-corrected chi connectivity index (χ3v) is 10.5. The number of benzene rings is 1. The van der Waals surface area contributed by atoms with E-state index in [1.807, 2.05) is 52.8 Å². The van der Waals surface area contributed by atoms with Crippen molar-refractivity contribution >= 4 is 23.5 Å². The molecule has 2 fully saturated rings. The maximum atomic E-state index is 14.7. The van der Waals surface area contributed by atoms with Crippen LogP contribution in [0.1, 0.15) is 103 Å². The fourth-order valence-corrected chi connectivity index (χ4v) is 8.19. The molecule has 3 aliphatic heterocycles. The van der Waals surface area contributed by atoms with Crippen molar-refractivity contribution in [3.63, 3.8) is 0 Å². The lowest BCUT2D eigenvalue weighted by molar-refractivity contribution is -0.171. The number of carbonyl (C=O) groups excluding carboxylic acids is 3. The van der Waals surface area contributed by atoms with Gasteiger partial charge in [0.2, 0.25) is 5.91 Å². The predicted octanol–water partition coefficient (Wildman–Crippen LogP) is 6.64. The van der Waals surface area contributed by atoms with Crippen molar-refractivity contribution in [1.82, 2.24) is 0 Å². The zero-order valence-electron chi connectivity index (χ0n) is 28.1. The minimum absolute atomic E-state index is 0.0128. The summed E-state index contributed by atoms with van der Waals surface area (Å²) >= 11 is 0. The Bertz CT molecular complexity index is 1730. The van der Waals surface area contributed by atoms with Crippen molar-refractivity contribution < 1.29 is 33.7 Å². The number of phenols is 1. The Labute approximate surface area is 271 Å². The lowest BCUT2D eigenvalue weighted by Crippen LogP contribution is -2.72. The molecule has 7 rings (SSSR count). The summed E-state index contributed by atoms with van der Waals surface area (Å²) in [4.78, 5) is 41.1. The molecule has 5 unspecified atom stereocenters. The third-order valence-electron chi connectivity index (χ3n) is 10.5. The van der Waals surface area contributed by atoms with Gasteiger partial charge in [0.1, 0.15) is 28.4 Å². The van der Waals surface area contributed by atoms with Gasteiger partial charge in [-0.1, -0.05) is 35.5 Å². The number of aromatic hydroxyl groups is 1. The van der Waals surface area contributed by atoms with Gasteiger partial charge in [-0.25, -0.2) is 0 Å². The van der Waals surface area contributed by atoms with Gasteiger partial charge in [-0.2, -0.15) is 0 Å². The number of hydrogen-bond donors (Lipinski definition) is 2. The molecule has 244 valence electrons. The van der Waals surface area contributed by atoms with Crippen LogP contribution in [0.25, 0.3) is 6.08 Å². The monoisotopic (exact) mass is 627 g/mol. The number of nitrogens with two attached hydrogens (primary N) is 1. The number of phenolic OH excluding ortho intramolecular Hbond substituents is 1. The van der Waals surface area contributed by atoms with Crippen molar-refractivity contribution in [2.45, 2.75) is 110 Å². The molecule has 1 spiro atoms. The molecule has 8 heteroatoms. The summed E-state index contributed by atoms with van der Waals surface area (Å²) in [6.07, 6.45) is 13.7. The molecular weight excluding hydrogens is 582 g/mol. The van der Waals surface area contributed by atoms with Crippen molar-refractivity contribution in [1.29, 1.82) is 0 Å². The maximum absolute atomic E-state index is 14.7. The molecule has 3 heterocycles.